The van der Waals surface area contributed by atoms with Gasteiger partial charge in [-0.1, -0.05) is 36.7 Å². The molecule has 106 valence electrons. The number of benzene rings is 1. The zero-order valence-corrected chi connectivity index (χ0v) is 14.8. The van der Waals surface area contributed by atoms with Gasteiger partial charge in [0.05, 0.1) is 6.61 Å². The standard InChI is InChI=1S/C14H21BrO3Si/c1-14(2,3)19(4,5)18-8-10-11(15)6-7-12-13(10)17-9-16-12/h6-7H,8-9H2,1-5H3. The lowest BCUT2D eigenvalue weighted by Crippen LogP contribution is -2.40. The number of hydrogen-bond donors (Lipinski definition) is 0. The van der Waals surface area contributed by atoms with Crippen molar-refractivity contribution in [3.05, 3.63) is 22.2 Å². The molecule has 0 saturated heterocycles. The fourth-order valence-electron chi connectivity index (χ4n) is 1.61. The van der Waals surface area contributed by atoms with Gasteiger partial charge in [0, 0.05) is 10.0 Å². The monoisotopic (exact) mass is 344 g/mol. The lowest BCUT2D eigenvalue weighted by atomic mass is 10.2. The molecule has 0 radical (unpaired) electrons. The summed E-state index contributed by atoms with van der Waals surface area (Å²) in [5.74, 6) is 1.62. The molecule has 1 aliphatic heterocycles. The highest BCUT2D eigenvalue weighted by Gasteiger charge is 2.37. The predicted molar refractivity (Wildman–Crippen MR) is 82.3 cm³/mol. The Balaban J connectivity index is 2.19. The molecule has 0 unspecified atom stereocenters. The Labute approximate surface area is 124 Å². The van der Waals surface area contributed by atoms with Gasteiger partial charge in [-0.15, -0.1) is 0 Å². The Morgan fingerprint density at radius 3 is 2.58 bits per heavy atom. The highest BCUT2D eigenvalue weighted by molar-refractivity contribution is 9.10. The summed E-state index contributed by atoms with van der Waals surface area (Å²) < 4.78 is 18.2. The first-order chi connectivity index (χ1) is 8.72. The van der Waals surface area contributed by atoms with Gasteiger partial charge in [-0.2, -0.15) is 0 Å². The minimum absolute atomic E-state index is 0.203. The van der Waals surface area contributed by atoms with Crippen LogP contribution in [0.5, 0.6) is 11.5 Å². The second-order valence-corrected chi connectivity index (χ2v) is 12.0. The van der Waals surface area contributed by atoms with E-state index in [1.54, 1.807) is 0 Å². The van der Waals surface area contributed by atoms with Crippen LogP contribution in [-0.4, -0.2) is 15.1 Å². The maximum atomic E-state index is 6.26. The van der Waals surface area contributed by atoms with Crippen LogP contribution in [0, 0.1) is 0 Å². The van der Waals surface area contributed by atoms with Crippen molar-refractivity contribution < 1.29 is 13.9 Å². The normalized spacial score (nSPS) is 14.8. The molecular formula is C14H21BrO3Si. The fraction of sp³-hybridized carbons (Fsp3) is 0.571. The SMILES string of the molecule is CC(C)(C)[Si](C)(C)OCc1c(Br)ccc2c1OCO2. The minimum atomic E-state index is -1.76. The molecule has 2 rings (SSSR count). The summed E-state index contributed by atoms with van der Waals surface area (Å²) in [4.78, 5) is 0. The van der Waals surface area contributed by atoms with Gasteiger partial charge in [-0.25, -0.2) is 0 Å². The molecule has 0 N–H and O–H groups in total. The molecule has 1 aromatic rings. The predicted octanol–water partition coefficient (Wildman–Crippen LogP) is 4.70. The van der Waals surface area contributed by atoms with Crippen molar-refractivity contribution in [3.63, 3.8) is 0 Å². The lowest BCUT2D eigenvalue weighted by molar-refractivity contribution is 0.171. The Bertz CT molecular complexity index is 480. The zero-order chi connectivity index (χ0) is 14.3. The molecule has 0 saturated carbocycles. The van der Waals surface area contributed by atoms with E-state index >= 15 is 0 Å². The summed E-state index contributed by atoms with van der Waals surface area (Å²) in [6.45, 7) is 12.1. The van der Waals surface area contributed by atoms with Crippen LogP contribution in [0.2, 0.25) is 18.1 Å². The Hall–Kier alpha value is -0.523. The van der Waals surface area contributed by atoms with Crippen molar-refractivity contribution in [1.29, 1.82) is 0 Å². The van der Waals surface area contributed by atoms with Crippen LogP contribution in [0.4, 0.5) is 0 Å². The van der Waals surface area contributed by atoms with E-state index in [9.17, 15) is 0 Å². The zero-order valence-electron chi connectivity index (χ0n) is 12.2. The number of fused-ring (bicyclic) bond motifs is 1. The van der Waals surface area contributed by atoms with Gasteiger partial charge in [0.25, 0.3) is 0 Å². The van der Waals surface area contributed by atoms with E-state index in [4.69, 9.17) is 13.9 Å². The average molecular weight is 345 g/mol. The number of hydrogen-bond acceptors (Lipinski definition) is 3. The fourth-order valence-corrected chi connectivity index (χ4v) is 2.97. The van der Waals surface area contributed by atoms with Crippen molar-refractivity contribution in [1.82, 2.24) is 0 Å². The Morgan fingerprint density at radius 2 is 1.95 bits per heavy atom. The Kier molecular flexibility index (Phi) is 4.00. The van der Waals surface area contributed by atoms with E-state index in [-0.39, 0.29) is 5.04 Å². The number of halogens is 1. The van der Waals surface area contributed by atoms with E-state index in [0.717, 1.165) is 21.5 Å². The molecule has 5 heteroatoms. The molecular weight excluding hydrogens is 324 g/mol. The third kappa shape index (κ3) is 2.98. The molecule has 0 bridgehead atoms. The van der Waals surface area contributed by atoms with Gasteiger partial charge in [0.2, 0.25) is 6.79 Å². The van der Waals surface area contributed by atoms with Crippen LogP contribution in [0.25, 0.3) is 0 Å². The van der Waals surface area contributed by atoms with Crippen LogP contribution in [0.1, 0.15) is 26.3 Å². The topological polar surface area (TPSA) is 27.7 Å². The van der Waals surface area contributed by atoms with Gasteiger partial charge in [-0.3, -0.25) is 0 Å². The van der Waals surface area contributed by atoms with Gasteiger partial charge in [-0.05, 0) is 30.3 Å². The molecule has 3 nitrogen and oxygen atoms in total. The highest BCUT2D eigenvalue weighted by Crippen LogP contribution is 2.42. The largest absolute Gasteiger partial charge is 0.454 e. The van der Waals surface area contributed by atoms with E-state index in [1.807, 2.05) is 12.1 Å². The Morgan fingerprint density at radius 1 is 1.26 bits per heavy atom. The quantitative estimate of drug-likeness (QED) is 0.743. The molecule has 0 amide bonds. The third-order valence-electron chi connectivity index (χ3n) is 3.97. The summed E-state index contributed by atoms with van der Waals surface area (Å²) in [6.07, 6.45) is 0. The second-order valence-electron chi connectivity index (χ2n) is 6.31. The van der Waals surface area contributed by atoms with Crippen molar-refractivity contribution >= 4 is 24.2 Å². The minimum Gasteiger partial charge on any atom is -0.454 e. The van der Waals surface area contributed by atoms with Crippen molar-refractivity contribution in [2.45, 2.75) is 45.5 Å². The van der Waals surface area contributed by atoms with Crippen LogP contribution in [-0.2, 0) is 11.0 Å². The maximum absolute atomic E-state index is 6.26. The van der Waals surface area contributed by atoms with Crippen LogP contribution < -0.4 is 9.47 Å². The van der Waals surface area contributed by atoms with Crippen molar-refractivity contribution in [2.75, 3.05) is 6.79 Å². The van der Waals surface area contributed by atoms with E-state index < -0.39 is 8.32 Å². The average Bonchev–Trinajstić information content (AvgIpc) is 2.74. The van der Waals surface area contributed by atoms with Crippen molar-refractivity contribution in [2.24, 2.45) is 0 Å². The van der Waals surface area contributed by atoms with Crippen LogP contribution in [0.15, 0.2) is 16.6 Å². The molecule has 1 heterocycles. The first kappa shape index (κ1) is 14.9. The molecule has 0 aliphatic carbocycles. The molecule has 0 atom stereocenters. The second kappa shape index (κ2) is 5.11. The molecule has 1 aromatic carbocycles. The molecule has 19 heavy (non-hydrogen) atoms. The summed E-state index contributed by atoms with van der Waals surface area (Å²) in [5.41, 5.74) is 1.04. The number of ether oxygens (including phenoxy) is 2. The smallest absolute Gasteiger partial charge is 0.231 e. The first-order valence-corrected chi connectivity index (χ1v) is 10.1. The van der Waals surface area contributed by atoms with E-state index in [0.29, 0.717) is 13.4 Å². The highest BCUT2D eigenvalue weighted by atomic mass is 79.9. The summed E-state index contributed by atoms with van der Waals surface area (Å²) in [7, 11) is -1.76. The van der Waals surface area contributed by atoms with Crippen LogP contribution >= 0.6 is 15.9 Å². The third-order valence-corrected chi connectivity index (χ3v) is 9.19. The van der Waals surface area contributed by atoms with Gasteiger partial charge in [0.1, 0.15) is 0 Å². The van der Waals surface area contributed by atoms with Crippen molar-refractivity contribution in [3.8, 4) is 11.5 Å². The van der Waals surface area contributed by atoms with Gasteiger partial charge >= 0.3 is 0 Å². The van der Waals surface area contributed by atoms with Gasteiger partial charge < -0.3 is 13.9 Å². The van der Waals surface area contributed by atoms with E-state index in [1.165, 1.54) is 0 Å². The molecule has 1 aliphatic rings. The summed E-state index contributed by atoms with van der Waals surface area (Å²) in [5, 5.41) is 0.203. The molecule has 0 fully saturated rings. The van der Waals surface area contributed by atoms with Crippen LogP contribution in [0.3, 0.4) is 0 Å². The maximum Gasteiger partial charge on any atom is 0.231 e. The lowest BCUT2D eigenvalue weighted by Gasteiger charge is -2.36. The van der Waals surface area contributed by atoms with E-state index in [2.05, 4.69) is 49.8 Å². The number of rotatable bonds is 3. The summed E-state index contributed by atoms with van der Waals surface area (Å²) >= 11 is 3.57. The molecule has 0 spiro atoms. The summed E-state index contributed by atoms with van der Waals surface area (Å²) in [6, 6.07) is 3.90. The first-order valence-electron chi connectivity index (χ1n) is 6.43. The molecule has 0 aromatic heterocycles. The van der Waals surface area contributed by atoms with Gasteiger partial charge in [0.15, 0.2) is 19.8 Å².